The molecule has 0 aliphatic carbocycles. The van der Waals surface area contributed by atoms with Crippen LogP contribution in [0, 0.1) is 17.3 Å². The monoisotopic (exact) mass is 438 g/mol. The van der Waals surface area contributed by atoms with Gasteiger partial charge in [0, 0.05) is 16.0 Å². The second-order valence-electron chi connectivity index (χ2n) is 9.40. The van der Waals surface area contributed by atoms with Gasteiger partial charge in [-0.25, -0.2) is 0 Å². The lowest BCUT2D eigenvalue weighted by Crippen LogP contribution is -2.51. The van der Waals surface area contributed by atoms with Crippen LogP contribution in [0.5, 0.6) is 0 Å². The normalized spacial score (nSPS) is 18.0. The Balaban J connectivity index is 1.94. The Morgan fingerprint density at radius 2 is 1.55 bits per heavy atom. The van der Waals surface area contributed by atoms with Gasteiger partial charge in [0.2, 0.25) is 0 Å². The van der Waals surface area contributed by atoms with E-state index in [0.29, 0.717) is 0 Å². The number of likely N-dealkylation sites (tertiary alicyclic amines) is 1. The standard InChI is InChI=1S/C28H37ClNO/c1-4-27(3,5-2)28(31,25-16-8-6-9-17-25)19-14-22-30(20-12-7-13-21-30)23-24-15-10-11-18-26(24)29/h6,8-11,15-18,31H,4-5,7,12-13,20-23H2,1-3H3/q+1. The average Bonchev–Trinajstić information content (AvgIpc) is 2.81. The zero-order chi connectivity index (χ0) is 22.4. The molecule has 2 aromatic carbocycles. The van der Waals surface area contributed by atoms with Crippen molar-refractivity contribution in [1.82, 2.24) is 0 Å². The minimum atomic E-state index is -1.16. The summed E-state index contributed by atoms with van der Waals surface area (Å²) in [4.78, 5) is 0. The van der Waals surface area contributed by atoms with Crippen LogP contribution in [0.2, 0.25) is 5.02 Å². The van der Waals surface area contributed by atoms with E-state index in [1.54, 1.807) is 0 Å². The van der Waals surface area contributed by atoms with Crippen molar-refractivity contribution >= 4 is 11.6 Å². The molecule has 2 nitrogen and oxygen atoms in total. The van der Waals surface area contributed by atoms with Gasteiger partial charge in [0.15, 0.2) is 5.60 Å². The van der Waals surface area contributed by atoms with Crippen molar-refractivity contribution in [2.75, 3.05) is 19.6 Å². The van der Waals surface area contributed by atoms with Crippen molar-refractivity contribution in [2.45, 2.75) is 65.0 Å². The van der Waals surface area contributed by atoms with Crippen molar-refractivity contribution in [2.24, 2.45) is 5.41 Å². The molecule has 0 aromatic heterocycles. The van der Waals surface area contributed by atoms with Gasteiger partial charge in [-0.05, 0) is 49.7 Å². The van der Waals surface area contributed by atoms with Gasteiger partial charge in [-0.3, -0.25) is 0 Å². The van der Waals surface area contributed by atoms with Crippen LogP contribution in [-0.2, 0) is 12.1 Å². The smallest absolute Gasteiger partial charge is 0.156 e. The van der Waals surface area contributed by atoms with Crippen LogP contribution in [0.25, 0.3) is 0 Å². The van der Waals surface area contributed by atoms with Gasteiger partial charge in [0.1, 0.15) is 13.1 Å². The summed E-state index contributed by atoms with van der Waals surface area (Å²) in [6.45, 7) is 10.3. The number of piperidine rings is 1. The fourth-order valence-corrected chi connectivity index (χ4v) is 5.09. The summed E-state index contributed by atoms with van der Waals surface area (Å²) in [5.74, 6) is 6.86. The Morgan fingerprint density at radius 1 is 0.935 bits per heavy atom. The molecule has 1 aliphatic heterocycles. The molecule has 1 N–H and O–H groups in total. The lowest BCUT2D eigenvalue weighted by atomic mass is 9.66. The molecular formula is C28H37ClNO+. The maximum atomic E-state index is 11.9. The summed E-state index contributed by atoms with van der Waals surface area (Å²) in [5, 5.41) is 12.8. The van der Waals surface area contributed by atoms with Crippen LogP contribution >= 0.6 is 11.6 Å². The van der Waals surface area contributed by atoms with Crippen LogP contribution in [0.4, 0.5) is 0 Å². The predicted molar refractivity (Wildman–Crippen MR) is 131 cm³/mol. The number of benzene rings is 2. The Hall–Kier alpha value is -1.79. The van der Waals surface area contributed by atoms with E-state index in [9.17, 15) is 5.11 Å². The molecule has 0 saturated carbocycles. The average molecular weight is 439 g/mol. The zero-order valence-electron chi connectivity index (χ0n) is 19.3. The molecule has 0 amide bonds. The highest BCUT2D eigenvalue weighted by atomic mass is 35.5. The fourth-order valence-electron chi connectivity index (χ4n) is 4.89. The summed E-state index contributed by atoms with van der Waals surface area (Å²) < 4.78 is 0.927. The molecule has 0 spiro atoms. The number of rotatable bonds is 7. The number of quaternary nitrogens is 1. The maximum Gasteiger partial charge on any atom is 0.156 e. The first-order chi connectivity index (χ1) is 14.9. The molecule has 1 aliphatic rings. The van der Waals surface area contributed by atoms with E-state index in [2.05, 4.69) is 44.7 Å². The Morgan fingerprint density at radius 3 is 2.16 bits per heavy atom. The lowest BCUT2D eigenvalue weighted by Gasteiger charge is -2.42. The van der Waals surface area contributed by atoms with Crippen molar-refractivity contribution in [3.8, 4) is 11.8 Å². The summed E-state index contributed by atoms with van der Waals surface area (Å²) in [6, 6.07) is 18.1. The van der Waals surface area contributed by atoms with Gasteiger partial charge in [-0.2, -0.15) is 0 Å². The summed E-state index contributed by atoms with van der Waals surface area (Å²) >= 11 is 6.50. The molecule has 3 rings (SSSR count). The molecule has 1 saturated heterocycles. The zero-order valence-corrected chi connectivity index (χ0v) is 20.1. The lowest BCUT2D eigenvalue weighted by molar-refractivity contribution is -0.938. The molecule has 1 heterocycles. The van der Waals surface area contributed by atoms with Gasteiger partial charge >= 0.3 is 0 Å². The number of nitrogens with zero attached hydrogens (tertiary/aromatic N) is 1. The SMILES string of the molecule is CCC(C)(CC)C(O)(C#CC[N+]1(Cc2ccccc2Cl)CCCCC1)c1ccccc1. The highest BCUT2D eigenvalue weighted by Crippen LogP contribution is 2.44. The van der Waals surface area contributed by atoms with E-state index in [1.165, 1.54) is 24.8 Å². The molecule has 2 aromatic rings. The Labute approximate surface area is 193 Å². The van der Waals surface area contributed by atoms with Gasteiger partial charge < -0.3 is 9.59 Å². The molecule has 31 heavy (non-hydrogen) atoms. The van der Waals surface area contributed by atoms with E-state index in [1.807, 2.05) is 42.5 Å². The summed E-state index contributed by atoms with van der Waals surface area (Å²) in [5.41, 5.74) is 0.613. The van der Waals surface area contributed by atoms with E-state index in [4.69, 9.17) is 11.6 Å². The van der Waals surface area contributed by atoms with Gasteiger partial charge in [-0.1, -0.05) is 86.8 Å². The third-order valence-electron chi connectivity index (χ3n) is 7.54. The summed E-state index contributed by atoms with van der Waals surface area (Å²) in [7, 11) is 0. The van der Waals surface area contributed by atoms with E-state index in [-0.39, 0.29) is 5.41 Å². The minimum absolute atomic E-state index is 0.309. The number of halogens is 1. The van der Waals surface area contributed by atoms with E-state index < -0.39 is 5.60 Å². The molecule has 3 heteroatoms. The number of aliphatic hydroxyl groups is 1. The molecule has 166 valence electrons. The van der Waals surface area contributed by atoms with Crippen molar-refractivity contribution in [1.29, 1.82) is 0 Å². The molecule has 1 atom stereocenters. The third-order valence-corrected chi connectivity index (χ3v) is 7.91. The van der Waals surface area contributed by atoms with Crippen LogP contribution in [0.1, 0.15) is 64.0 Å². The molecular weight excluding hydrogens is 402 g/mol. The van der Waals surface area contributed by atoms with Gasteiger partial charge in [-0.15, -0.1) is 0 Å². The number of hydrogen-bond donors (Lipinski definition) is 1. The van der Waals surface area contributed by atoms with Crippen molar-refractivity contribution in [3.05, 3.63) is 70.7 Å². The van der Waals surface area contributed by atoms with Crippen molar-refractivity contribution < 1.29 is 9.59 Å². The molecule has 1 fully saturated rings. The van der Waals surface area contributed by atoms with Crippen LogP contribution in [0.15, 0.2) is 54.6 Å². The first-order valence-electron chi connectivity index (χ1n) is 11.7. The Bertz CT molecular complexity index is 903. The van der Waals surface area contributed by atoms with E-state index in [0.717, 1.165) is 54.1 Å². The van der Waals surface area contributed by atoms with Crippen LogP contribution in [0.3, 0.4) is 0 Å². The highest BCUT2D eigenvalue weighted by Gasteiger charge is 2.45. The van der Waals surface area contributed by atoms with Crippen molar-refractivity contribution in [3.63, 3.8) is 0 Å². The topological polar surface area (TPSA) is 20.2 Å². The Kier molecular flexibility index (Phi) is 7.87. The second-order valence-corrected chi connectivity index (χ2v) is 9.81. The van der Waals surface area contributed by atoms with Crippen LogP contribution < -0.4 is 0 Å². The quantitative estimate of drug-likeness (QED) is 0.383. The van der Waals surface area contributed by atoms with Gasteiger partial charge in [0.05, 0.1) is 13.1 Å². The largest absolute Gasteiger partial charge is 0.373 e. The van der Waals surface area contributed by atoms with E-state index >= 15 is 0 Å². The maximum absolute atomic E-state index is 11.9. The first kappa shape index (κ1) is 23.9. The van der Waals surface area contributed by atoms with Gasteiger partial charge in [0.25, 0.3) is 0 Å². The number of hydrogen-bond acceptors (Lipinski definition) is 1. The van der Waals surface area contributed by atoms with Crippen LogP contribution in [-0.4, -0.2) is 29.2 Å². The summed E-state index contributed by atoms with van der Waals surface area (Å²) in [6.07, 6.45) is 5.45. The minimum Gasteiger partial charge on any atom is -0.373 e. The third kappa shape index (κ3) is 5.17. The fraction of sp³-hybridized carbons (Fsp3) is 0.500. The molecule has 0 bridgehead atoms. The highest BCUT2D eigenvalue weighted by molar-refractivity contribution is 6.31. The second kappa shape index (κ2) is 10.2. The molecule has 1 unspecified atom stereocenters. The predicted octanol–water partition coefficient (Wildman–Crippen LogP) is 6.56. The first-order valence-corrected chi connectivity index (χ1v) is 12.1. The molecule has 0 radical (unpaired) electrons.